The van der Waals surface area contributed by atoms with Crippen molar-refractivity contribution in [2.75, 3.05) is 5.32 Å². The van der Waals surface area contributed by atoms with Crippen LogP contribution in [0, 0.1) is 10.1 Å². The first-order chi connectivity index (χ1) is 16.0. The second-order valence-electron chi connectivity index (χ2n) is 8.39. The van der Waals surface area contributed by atoms with E-state index >= 15 is 0 Å². The molecule has 3 rings (SSSR count). The summed E-state index contributed by atoms with van der Waals surface area (Å²) < 4.78 is 30.1. The van der Waals surface area contributed by atoms with Crippen molar-refractivity contribution in [3.63, 3.8) is 0 Å². The summed E-state index contributed by atoms with van der Waals surface area (Å²) in [5, 5.41) is 13.9. The van der Waals surface area contributed by atoms with Crippen LogP contribution in [0.15, 0.2) is 71.6 Å². The molecular formula is C25H26N2O6S. The standard InChI is InChI=1S/C25H26N2O6S/c1-16(2)22-9-6-10-23(17(3)4)24(22)26-25(28)18-11-13-20(14-12-18)33-34(31,32)21-8-5-7-19(15-21)27(29)30/h5-17H,1-4H3,(H,26,28). The summed E-state index contributed by atoms with van der Waals surface area (Å²) in [6, 6.07) is 16.2. The lowest BCUT2D eigenvalue weighted by molar-refractivity contribution is -0.385. The van der Waals surface area contributed by atoms with Gasteiger partial charge in [0.25, 0.3) is 11.6 Å². The zero-order chi connectivity index (χ0) is 25.0. The summed E-state index contributed by atoms with van der Waals surface area (Å²) in [5.41, 5.74) is 2.81. The summed E-state index contributed by atoms with van der Waals surface area (Å²) in [6.07, 6.45) is 0. The van der Waals surface area contributed by atoms with Crippen molar-refractivity contribution in [2.45, 2.75) is 44.4 Å². The number of hydrogen-bond acceptors (Lipinski definition) is 6. The minimum atomic E-state index is -4.29. The third kappa shape index (κ3) is 5.60. The number of nitro groups is 1. The molecule has 0 spiro atoms. The largest absolute Gasteiger partial charge is 0.379 e. The number of amides is 1. The lowest BCUT2D eigenvalue weighted by Gasteiger charge is -2.20. The van der Waals surface area contributed by atoms with Crippen molar-refractivity contribution in [2.24, 2.45) is 0 Å². The van der Waals surface area contributed by atoms with Gasteiger partial charge < -0.3 is 9.50 Å². The highest BCUT2D eigenvalue weighted by Gasteiger charge is 2.21. The minimum Gasteiger partial charge on any atom is -0.379 e. The zero-order valence-corrected chi connectivity index (χ0v) is 20.1. The molecule has 1 N–H and O–H groups in total. The van der Waals surface area contributed by atoms with E-state index in [-0.39, 0.29) is 34.1 Å². The van der Waals surface area contributed by atoms with E-state index < -0.39 is 15.0 Å². The van der Waals surface area contributed by atoms with Crippen LogP contribution in [0.4, 0.5) is 11.4 Å². The molecule has 0 aliphatic heterocycles. The molecule has 0 radical (unpaired) electrons. The first-order valence-electron chi connectivity index (χ1n) is 10.7. The van der Waals surface area contributed by atoms with Crippen molar-refractivity contribution in [1.82, 2.24) is 0 Å². The van der Waals surface area contributed by atoms with Gasteiger partial charge in [-0.3, -0.25) is 14.9 Å². The summed E-state index contributed by atoms with van der Waals surface area (Å²) in [4.78, 5) is 22.8. The first kappa shape index (κ1) is 24.9. The maximum atomic E-state index is 12.9. The van der Waals surface area contributed by atoms with Gasteiger partial charge in [-0.15, -0.1) is 0 Å². The van der Waals surface area contributed by atoms with Crippen molar-refractivity contribution < 1.29 is 22.3 Å². The Morgan fingerprint density at radius 3 is 2.00 bits per heavy atom. The van der Waals surface area contributed by atoms with Gasteiger partial charge in [-0.2, -0.15) is 8.42 Å². The molecule has 34 heavy (non-hydrogen) atoms. The Balaban J connectivity index is 1.81. The van der Waals surface area contributed by atoms with Crippen LogP contribution >= 0.6 is 0 Å². The summed E-state index contributed by atoms with van der Waals surface area (Å²) in [7, 11) is -4.29. The lowest BCUT2D eigenvalue weighted by atomic mass is 9.92. The molecule has 8 nitrogen and oxygen atoms in total. The average Bonchev–Trinajstić information content (AvgIpc) is 2.79. The van der Waals surface area contributed by atoms with Crippen molar-refractivity contribution >= 4 is 27.4 Å². The number of rotatable bonds is 8. The van der Waals surface area contributed by atoms with Gasteiger partial charge in [-0.25, -0.2) is 0 Å². The number of hydrogen-bond donors (Lipinski definition) is 1. The molecule has 0 unspecified atom stereocenters. The van der Waals surface area contributed by atoms with E-state index in [1.165, 1.54) is 42.5 Å². The molecule has 0 aliphatic carbocycles. The lowest BCUT2D eigenvalue weighted by Crippen LogP contribution is -2.16. The number of nitrogens with one attached hydrogen (secondary N) is 1. The molecule has 9 heteroatoms. The van der Waals surface area contributed by atoms with Gasteiger partial charge in [0.2, 0.25) is 0 Å². The summed E-state index contributed by atoms with van der Waals surface area (Å²) in [6.45, 7) is 8.23. The summed E-state index contributed by atoms with van der Waals surface area (Å²) in [5.74, 6) is 0.0733. The zero-order valence-electron chi connectivity index (χ0n) is 19.3. The molecule has 3 aromatic rings. The fourth-order valence-corrected chi connectivity index (χ4v) is 4.44. The first-order valence-corrected chi connectivity index (χ1v) is 12.1. The van der Waals surface area contributed by atoms with Crippen LogP contribution in [-0.2, 0) is 10.1 Å². The number of carbonyl (C=O) groups excluding carboxylic acids is 1. The smallest absolute Gasteiger partial charge is 0.339 e. The highest BCUT2D eigenvalue weighted by molar-refractivity contribution is 7.87. The molecule has 0 fully saturated rings. The van der Waals surface area contributed by atoms with Crippen LogP contribution in [-0.4, -0.2) is 19.2 Å². The Hall–Kier alpha value is -3.72. The maximum absolute atomic E-state index is 12.9. The van der Waals surface area contributed by atoms with Crippen molar-refractivity contribution in [3.8, 4) is 5.75 Å². The van der Waals surface area contributed by atoms with Gasteiger partial charge in [-0.1, -0.05) is 52.0 Å². The van der Waals surface area contributed by atoms with Gasteiger partial charge in [0.05, 0.1) is 4.92 Å². The number of nitro benzene ring substituents is 1. The topological polar surface area (TPSA) is 116 Å². The Morgan fingerprint density at radius 1 is 0.912 bits per heavy atom. The second-order valence-corrected chi connectivity index (χ2v) is 9.94. The molecule has 1 amide bonds. The molecule has 0 saturated heterocycles. The van der Waals surface area contributed by atoms with Crippen LogP contribution in [0.2, 0.25) is 0 Å². The number of carbonyl (C=O) groups is 1. The van der Waals surface area contributed by atoms with E-state index in [2.05, 4.69) is 33.0 Å². The van der Waals surface area contributed by atoms with Crippen LogP contribution < -0.4 is 9.50 Å². The maximum Gasteiger partial charge on any atom is 0.339 e. The van der Waals surface area contributed by atoms with E-state index in [1.807, 2.05) is 18.2 Å². The Morgan fingerprint density at radius 2 is 1.47 bits per heavy atom. The molecule has 3 aromatic carbocycles. The van der Waals surface area contributed by atoms with Crippen LogP contribution in [0.1, 0.15) is 61.0 Å². The van der Waals surface area contributed by atoms with E-state index in [1.54, 1.807) is 0 Å². The van der Waals surface area contributed by atoms with Gasteiger partial charge >= 0.3 is 10.1 Å². The molecule has 0 aliphatic rings. The molecule has 0 atom stereocenters. The predicted molar refractivity (Wildman–Crippen MR) is 130 cm³/mol. The number of anilines is 1. The second kappa shape index (κ2) is 10.0. The Bertz CT molecular complexity index is 1290. The quantitative estimate of drug-likeness (QED) is 0.244. The van der Waals surface area contributed by atoms with Crippen LogP contribution in [0.3, 0.4) is 0 Å². The molecular weight excluding hydrogens is 456 g/mol. The SMILES string of the molecule is CC(C)c1cccc(C(C)C)c1NC(=O)c1ccc(OS(=O)(=O)c2cccc([N+](=O)[O-])c2)cc1. The molecule has 0 saturated carbocycles. The van der Waals surface area contributed by atoms with Crippen LogP contribution in [0.25, 0.3) is 0 Å². The third-order valence-corrected chi connectivity index (χ3v) is 6.49. The van der Waals surface area contributed by atoms with E-state index in [0.29, 0.717) is 5.56 Å². The molecule has 0 aromatic heterocycles. The predicted octanol–water partition coefficient (Wildman–Crippen LogP) is 5.86. The molecule has 178 valence electrons. The third-order valence-electron chi connectivity index (χ3n) is 5.25. The molecule has 0 bridgehead atoms. The highest BCUT2D eigenvalue weighted by atomic mass is 32.2. The minimum absolute atomic E-state index is 0.0199. The van der Waals surface area contributed by atoms with E-state index in [0.717, 1.165) is 22.9 Å². The number of nitrogens with zero attached hydrogens (tertiary/aromatic N) is 1. The Kier molecular flexibility index (Phi) is 7.36. The van der Waals surface area contributed by atoms with E-state index in [9.17, 15) is 23.3 Å². The van der Waals surface area contributed by atoms with Gasteiger partial charge in [-0.05, 0) is 53.3 Å². The van der Waals surface area contributed by atoms with Crippen LogP contribution in [0.5, 0.6) is 5.75 Å². The number of benzene rings is 3. The monoisotopic (exact) mass is 482 g/mol. The number of para-hydroxylation sites is 1. The summed E-state index contributed by atoms with van der Waals surface area (Å²) >= 11 is 0. The van der Waals surface area contributed by atoms with Crippen molar-refractivity contribution in [1.29, 1.82) is 0 Å². The normalized spacial score (nSPS) is 11.5. The van der Waals surface area contributed by atoms with Gasteiger partial charge in [0.15, 0.2) is 0 Å². The van der Waals surface area contributed by atoms with Gasteiger partial charge in [0.1, 0.15) is 10.6 Å². The fourth-order valence-electron chi connectivity index (χ4n) is 3.47. The Labute approximate surface area is 198 Å². The van der Waals surface area contributed by atoms with Crippen molar-refractivity contribution in [3.05, 3.63) is 93.5 Å². The van der Waals surface area contributed by atoms with Gasteiger partial charge in [0, 0.05) is 23.4 Å². The van der Waals surface area contributed by atoms with E-state index in [4.69, 9.17) is 4.18 Å². The fraction of sp³-hybridized carbons (Fsp3) is 0.240. The highest BCUT2D eigenvalue weighted by Crippen LogP contribution is 2.33. The molecule has 0 heterocycles. The average molecular weight is 483 g/mol. The number of non-ortho nitro benzene ring substituents is 1.